The van der Waals surface area contributed by atoms with Gasteiger partial charge in [-0.25, -0.2) is 9.78 Å². The van der Waals surface area contributed by atoms with E-state index in [1.54, 1.807) is 20.3 Å². The monoisotopic (exact) mass is 309 g/mol. The van der Waals surface area contributed by atoms with Crippen molar-refractivity contribution in [3.63, 3.8) is 0 Å². The zero-order valence-electron chi connectivity index (χ0n) is 14.2. The summed E-state index contributed by atoms with van der Waals surface area (Å²) in [5, 5.41) is 3.11. The molecule has 0 radical (unpaired) electrons. The molecule has 2 aromatic heterocycles. The van der Waals surface area contributed by atoms with E-state index in [0.717, 1.165) is 26.1 Å². The fourth-order valence-corrected chi connectivity index (χ4v) is 2.26. The highest BCUT2D eigenvalue weighted by Crippen LogP contribution is 2.05. The maximum absolute atomic E-state index is 12.2. The van der Waals surface area contributed by atoms with Crippen LogP contribution in [0, 0.1) is 0 Å². The smallest absolute Gasteiger partial charge is 0.325 e. The Kier molecular flexibility index (Phi) is 7.04. The minimum Gasteiger partial charge on any atom is -0.325 e. The van der Waals surface area contributed by atoms with E-state index in [0.29, 0.717) is 17.7 Å². The molecule has 0 aliphatic heterocycles. The largest absolute Gasteiger partial charge is 0.332 e. The lowest BCUT2D eigenvalue weighted by atomic mass is 10.4. The Morgan fingerprint density at radius 2 is 1.77 bits per heavy atom. The van der Waals surface area contributed by atoms with E-state index in [-0.39, 0.29) is 11.2 Å². The van der Waals surface area contributed by atoms with Crippen molar-refractivity contribution >= 4 is 11.2 Å². The van der Waals surface area contributed by atoms with Gasteiger partial charge in [0.15, 0.2) is 11.2 Å². The van der Waals surface area contributed by atoms with Crippen LogP contribution in [0.1, 0.15) is 34.1 Å². The Bertz CT molecular complexity index is 709. The Balaban J connectivity index is 0.000000422. The first-order chi connectivity index (χ1) is 10.5. The summed E-state index contributed by atoms with van der Waals surface area (Å²) in [6, 6.07) is 0. The Hall–Kier alpha value is -1.89. The third-order valence-corrected chi connectivity index (χ3v) is 3.38. The van der Waals surface area contributed by atoms with Crippen LogP contribution in [0.5, 0.6) is 0 Å². The normalized spacial score (nSPS) is 10.6. The number of aromatic nitrogens is 4. The molecule has 1 N–H and O–H groups in total. The van der Waals surface area contributed by atoms with E-state index < -0.39 is 0 Å². The first-order valence-corrected chi connectivity index (χ1v) is 7.88. The van der Waals surface area contributed by atoms with Crippen LogP contribution in [-0.4, -0.2) is 31.8 Å². The number of aryl methyl sites for hydroxylation is 2. The van der Waals surface area contributed by atoms with Gasteiger partial charge in [0.2, 0.25) is 0 Å². The number of nitrogens with one attached hydrogen (secondary N) is 1. The molecule has 2 heterocycles. The molecule has 0 atom stereocenters. The van der Waals surface area contributed by atoms with Crippen molar-refractivity contribution in [1.82, 2.24) is 24.0 Å². The zero-order chi connectivity index (χ0) is 16.7. The number of hydrogen-bond donors (Lipinski definition) is 1. The lowest BCUT2D eigenvalue weighted by molar-refractivity contribution is 0.628. The highest BCUT2D eigenvalue weighted by Gasteiger charge is 2.14. The average Bonchev–Trinajstić information content (AvgIpc) is 2.92. The molecule has 0 saturated heterocycles. The minimum absolute atomic E-state index is 0.253. The van der Waals surface area contributed by atoms with E-state index in [9.17, 15) is 9.59 Å². The van der Waals surface area contributed by atoms with Crippen LogP contribution >= 0.6 is 0 Å². The van der Waals surface area contributed by atoms with Crippen LogP contribution < -0.4 is 16.6 Å². The van der Waals surface area contributed by atoms with E-state index >= 15 is 0 Å². The van der Waals surface area contributed by atoms with Crippen molar-refractivity contribution in [2.45, 2.75) is 47.2 Å². The van der Waals surface area contributed by atoms with Crippen LogP contribution in [0.4, 0.5) is 0 Å². The molecule has 2 rings (SSSR count). The number of fused-ring (bicyclic) bond motifs is 1. The summed E-state index contributed by atoms with van der Waals surface area (Å²) in [5.74, 6) is 0. The predicted octanol–water partition coefficient (Wildman–Crippen LogP) is 0.942. The Morgan fingerprint density at radius 1 is 1.14 bits per heavy atom. The summed E-state index contributed by atoms with van der Waals surface area (Å²) in [4.78, 5) is 28.2. The van der Waals surface area contributed by atoms with Crippen molar-refractivity contribution in [3.8, 4) is 0 Å². The van der Waals surface area contributed by atoms with Gasteiger partial charge in [-0.15, -0.1) is 0 Å². The van der Waals surface area contributed by atoms with Crippen LogP contribution in [0.25, 0.3) is 11.2 Å². The van der Waals surface area contributed by atoms with Crippen molar-refractivity contribution in [2.75, 3.05) is 13.1 Å². The fourth-order valence-electron chi connectivity index (χ4n) is 2.26. The predicted molar refractivity (Wildman–Crippen MR) is 89.4 cm³/mol. The fraction of sp³-hybridized carbons (Fsp3) is 0.667. The van der Waals surface area contributed by atoms with Crippen molar-refractivity contribution in [3.05, 3.63) is 27.2 Å². The topological polar surface area (TPSA) is 73.8 Å². The SMILES string of the molecule is CCCn1cnc2c1c(=O)n(CC)c(=O)n2C.CCNCC. The van der Waals surface area contributed by atoms with Gasteiger partial charge in [-0.3, -0.25) is 13.9 Å². The molecule has 0 spiro atoms. The van der Waals surface area contributed by atoms with Crippen LogP contribution in [0.15, 0.2) is 15.9 Å². The summed E-state index contributed by atoms with van der Waals surface area (Å²) in [6.07, 6.45) is 2.54. The van der Waals surface area contributed by atoms with E-state index in [4.69, 9.17) is 0 Å². The first kappa shape index (κ1) is 18.2. The highest BCUT2D eigenvalue weighted by molar-refractivity contribution is 5.69. The Morgan fingerprint density at radius 3 is 2.23 bits per heavy atom. The van der Waals surface area contributed by atoms with Gasteiger partial charge in [-0.1, -0.05) is 20.8 Å². The lowest BCUT2D eigenvalue weighted by Gasteiger charge is -2.07. The van der Waals surface area contributed by atoms with Gasteiger partial charge < -0.3 is 9.88 Å². The van der Waals surface area contributed by atoms with Gasteiger partial charge in [0.05, 0.1) is 6.33 Å². The van der Waals surface area contributed by atoms with E-state index in [1.807, 2.05) is 11.5 Å². The van der Waals surface area contributed by atoms with Crippen molar-refractivity contribution in [2.24, 2.45) is 7.05 Å². The van der Waals surface area contributed by atoms with Gasteiger partial charge in [0.25, 0.3) is 5.56 Å². The molecule has 0 aromatic carbocycles. The lowest BCUT2D eigenvalue weighted by Crippen LogP contribution is -2.39. The van der Waals surface area contributed by atoms with Gasteiger partial charge in [0.1, 0.15) is 0 Å². The summed E-state index contributed by atoms with van der Waals surface area (Å²) in [7, 11) is 1.64. The maximum atomic E-state index is 12.2. The average molecular weight is 309 g/mol. The second kappa shape index (κ2) is 8.53. The van der Waals surface area contributed by atoms with Crippen LogP contribution in [0.3, 0.4) is 0 Å². The quantitative estimate of drug-likeness (QED) is 0.892. The second-order valence-corrected chi connectivity index (χ2v) is 4.96. The van der Waals surface area contributed by atoms with Gasteiger partial charge in [-0.05, 0) is 26.4 Å². The molecule has 7 nitrogen and oxygen atoms in total. The molecule has 124 valence electrons. The third kappa shape index (κ3) is 3.65. The molecule has 0 unspecified atom stereocenters. The molecule has 22 heavy (non-hydrogen) atoms. The standard InChI is InChI=1S/C11H16N4O2.C4H11N/c1-4-6-14-7-12-9-8(14)10(16)15(5-2)11(17)13(9)3;1-3-5-4-2/h7H,4-6H2,1-3H3;5H,3-4H2,1-2H3. The van der Waals surface area contributed by atoms with Gasteiger partial charge in [0, 0.05) is 20.1 Å². The number of imidazole rings is 1. The molecular formula is C15H27N5O2. The number of hydrogen-bond acceptors (Lipinski definition) is 4. The number of rotatable bonds is 5. The van der Waals surface area contributed by atoms with Gasteiger partial charge >= 0.3 is 5.69 Å². The molecular weight excluding hydrogens is 282 g/mol. The van der Waals surface area contributed by atoms with Gasteiger partial charge in [-0.2, -0.15) is 0 Å². The molecule has 0 saturated carbocycles. The minimum atomic E-state index is -0.313. The molecule has 7 heteroatoms. The maximum Gasteiger partial charge on any atom is 0.332 e. The summed E-state index contributed by atoms with van der Waals surface area (Å²) in [5.41, 5.74) is 0.400. The van der Waals surface area contributed by atoms with Crippen LogP contribution in [-0.2, 0) is 20.1 Å². The van der Waals surface area contributed by atoms with Crippen LogP contribution in [0.2, 0.25) is 0 Å². The second-order valence-electron chi connectivity index (χ2n) is 4.96. The van der Waals surface area contributed by atoms with E-state index in [1.165, 1.54) is 9.13 Å². The third-order valence-electron chi connectivity index (χ3n) is 3.38. The molecule has 0 bridgehead atoms. The summed E-state index contributed by atoms with van der Waals surface area (Å²) in [6.45, 7) is 11.3. The zero-order valence-corrected chi connectivity index (χ0v) is 14.2. The summed E-state index contributed by atoms with van der Waals surface area (Å²) < 4.78 is 4.46. The highest BCUT2D eigenvalue weighted by atomic mass is 16.2. The van der Waals surface area contributed by atoms with Crippen molar-refractivity contribution < 1.29 is 0 Å². The first-order valence-electron chi connectivity index (χ1n) is 7.88. The van der Waals surface area contributed by atoms with Crippen molar-refractivity contribution in [1.29, 1.82) is 0 Å². The summed E-state index contributed by atoms with van der Waals surface area (Å²) >= 11 is 0. The molecule has 0 fully saturated rings. The molecule has 0 aliphatic rings. The molecule has 0 amide bonds. The van der Waals surface area contributed by atoms with E-state index in [2.05, 4.69) is 24.1 Å². The molecule has 0 aliphatic carbocycles. The number of nitrogens with zero attached hydrogens (tertiary/aromatic N) is 4. The Labute approximate surface area is 130 Å². The molecule has 2 aromatic rings.